The molecule has 10 aromatic rings. The highest BCUT2D eigenvalue weighted by Crippen LogP contribution is 2.43. The third-order valence-corrected chi connectivity index (χ3v) is 19.8. The molecule has 0 unspecified atom stereocenters. The first-order chi connectivity index (χ1) is 47.8. The summed E-state index contributed by atoms with van der Waals surface area (Å²) in [4.78, 5) is 55.3. The van der Waals surface area contributed by atoms with Gasteiger partial charge in [-0.1, -0.05) is 101 Å². The van der Waals surface area contributed by atoms with Gasteiger partial charge in [0.05, 0.1) is 61.2 Å². The zero-order valence-corrected chi connectivity index (χ0v) is 66.6. The Bertz CT molecular complexity index is 4550. The molecule has 22 heteroatoms. The van der Waals surface area contributed by atoms with Crippen LogP contribution in [0.15, 0.2) is 146 Å². The number of aryl methyl sites for hydroxylation is 4. The van der Waals surface area contributed by atoms with Crippen LogP contribution in [0.2, 0.25) is 0 Å². The monoisotopic (exact) mass is 1810 g/mol. The molecule has 1 aliphatic carbocycles. The zero-order chi connectivity index (χ0) is 70.3. The van der Waals surface area contributed by atoms with Crippen LogP contribution >= 0.6 is 45.2 Å². The van der Waals surface area contributed by atoms with E-state index in [0.29, 0.717) is 93.6 Å². The fourth-order valence-electron chi connectivity index (χ4n) is 13.1. The van der Waals surface area contributed by atoms with Crippen molar-refractivity contribution in [2.45, 2.75) is 117 Å². The highest BCUT2D eigenvalue weighted by molar-refractivity contribution is 14.1. The maximum Gasteiger partial charge on any atom is 0.299 e. The number of hydrogen-bond donors (Lipinski definition) is 2. The Kier molecular flexibility index (Phi) is 23.1. The summed E-state index contributed by atoms with van der Waals surface area (Å²) in [6.45, 7) is 14.7. The van der Waals surface area contributed by atoms with E-state index in [1.807, 2.05) is 60.1 Å². The second-order valence-corrected chi connectivity index (χ2v) is 30.7. The smallest absolute Gasteiger partial charge is 0.299 e. The Labute approximate surface area is 655 Å². The average Bonchev–Trinajstić information content (AvgIpc) is 1.42. The number of carbonyl (C=O) groups is 4. The van der Waals surface area contributed by atoms with E-state index in [1.54, 1.807) is 46.0 Å². The van der Waals surface area contributed by atoms with Gasteiger partial charge >= 0.3 is 0 Å². The number of nitrogens with zero attached hydrogens (tertiary/aromatic N) is 10. The molecule has 8 bridgehead atoms. The molecule has 18 nitrogen and oxygen atoms in total. The molecule has 13 rings (SSSR count). The molecule has 2 aliphatic heterocycles. The van der Waals surface area contributed by atoms with Crippen LogP contribution in [0.25, 0.3) is 24.3 Å². The van der Waals surface area contributed by atoms with Gasteiger partial charge in [-0.3, -0.25) is 38.3 Å². The van der Waals surface area contributed by atoms with Crippen molar-refractivity contribution in [2.75, 3.05) is 23.0 Å². The number of hydrogen-bond acceptors (Lipinski definition) is 12. The number of Topliss-reactive ketones (excluding diaryl/α,β-unsaturated/α-hetero) is 2. The highest BCUT2D eigenvalue weighted by Gasteiger charge is 2.38. The number of rotatable bonds is 18. The van der Waals surface area contributed by atoms with Crippen LogP contribution in [0.5, 0.6) is 23.0 Å². The number of aromatic hydroxyl groups is 2. The van der Waals surface area contributed by atoms with Gasteiger partial charge in [0.25, 0.3) is 23.4 Å². The number of carbonyl (C=O) groups excluding carboxylic acids is 4. The van der Waals surface area contributed by atoms with Gasteiger partial charge in [0.15, 0.2) is 24.8 Å². The van der Waals surface area contributed by atoms with Crippen LogP contribution in [0.3, 0.4) is 0 Å². The zero-order valence-electron chi connectivity index (χ0n) is 58.0. The standard InChI is InChI=1S/C80H76I2N10O8.2HI/c1-79(2,3)61-39-57-35-53-31-51(13-11-49-19-25-87(7)26-20-49)33-55(71(53)93)37-59-41-62(80(4,5)6)42-60(76(59)100-30-10-24-90-46-66(84-86-90)48-92-70-18-16-64(82)44-68(70)74(96)78(92)98)38-56-34-52(14-12-50-21-27-88(8)28-22-50)32-54(72(56)94)36-58(40-61)75(57)99-29-9-23-89-45-65(83-85-89)47-91-69-17-15-63(81)43-67(69)73(95)77(91)97;;/h11-22,25-28,31-34,39-46H,9-10,23-24,29-30,35-38,47-48H2,1-8H3;2*1H. The lowest BCUT2D eigenvalue weighted by Crippen LogP contribution is -3.00. The quantitative estimate of drug-likeness (QED) is 0.0381. The van der Waals surface area contributed by atoms with Gasteiger partial charge in [0, 0.05) is 83.0 Å². The Morgan fingerprint density at radius 3 is 1.14 bits per heavy atom. The Morgan fingerprint density at radius 2 is 0.804 bits per heavy atom. The van der Waals surface area contributed by atoms with E-state index in [4.69, 9.17) is 9.47 Å². The predicted octanol–water partition coefficient (Wildman–Crippen LogP) is 7.16. The molecule has 0 spiro atoms. The minimum atomic E-state index is -0.595. The molecule has 0 radical (unpaired) electrons. The number of phenolic OH excluding ortho intramolecular Hbond substituents is 2. The Hall–Kier alpha value is -8.22. The fraction of sp³-hybridized carbons (Fsp3) is 0.275. The molecule has 524 valence electrons. The molecular weight excluding hydrogens is 1740 g/mol. The lowest BCUT2D eigenvalue weighted by Gasteiger charge is -2.26. The summed E-state index contributed by atoms with van der Waals surface area (Å²) in [5.41, 5.74) is 14.5. The summed E-state index contributed by atoms with van der Waals surface area (Å²) < 4.78 is 23.4. The highest BCUT2D eigenvalue weighted by atomic mass is 127. The van der Waals surface area contributed by atoms with Crippen LogP contribution in [0, 0.1) is 7.14 Å². The molecule has 4 aromatic heterocycles. The van der Waals surface area contributed by atoms with Gasteiger partial charge in [-0.25, -0.2) is 9.13 Å². The summed E-state index contributed by atoms with van der Waals surface area (Å²) in [6.07, 6.45) is 22.2. The second-order valence-electron chi connectivity index (χ2n) is 28.2. The van der Waals surface area contributed by atoms with Crippen molar-refractivity contribution in [3.8, 4) is 23.0 Å². The average molecular weight is 1820 g/mol. The molecule has 2 N–H and O–H groups in total. The van der Waals surface area contributed by atoms with E-state index < -0.39 is 23.4 Å². The molecule has 6 heterocycles. The molecule has 102 heavy (non-hydrogen) atoms. The number of phenols is 2. The molecule has 0 fully saturated rings. The number of ketones is 2. The van der Waals surface area contributed by atoms with Crippen molar-refractivity contribution in [3.05, 3.63) is 254 Å². The van der Waals surface area contributed by atoms with Crippen molar-refractivity contribution in [3.63, 3.8) is 0 Å². The predicted molar refractivity (Wildman–Crippen MR) is 400 cm³/mol. The van der Waals surface area contributed by atoms with Gasteiger partial charge in [0.2, 0.25) is 0 Å². The summed E-state index contributed by atoms with van der Waals surface area (Å²) in [5, 5.41) is 43.9. The number of amides is 2. The van der Waals surface area contributed by atoms with Gasteiger partial charge in [-0.15, -0.1) is 10.2 Å². The third kappa shape index (κ3) is 16.9. The lowest BCUT2D eigenvalue weighted by molar-refractivity contribution is -0.671. The third-order valence-electron chi connectivity index (χ3n) is 18.5. The SMILES string of the molecule is C[n+]1ccc(/C=C/c2cc3c(O)c(c2)Cc2cc(C(C)(C)C)cc(c2OCCCn2cc(CN4C(=O)C(=O)c5cc(I)ccc54)nn2)Cc2cc(/C=C/c4cc[n+](C)cc4)cc(c2O)Cc2cc(C(C)(C)C)cc(c2OCCCn2cc(CN4C(=O)C(=O)c5cc(I)ccc54)nn2)C3)cc1.[I-].[I-]. The first-order valence-electron chi connectivity index (χ1n) is 33.5. The van der Waals surface area contributed by atoms with E-state index in [2.05, 4.69) is 204 Å². The number of ether oxygens (including phenoxy) is 2. The molecule has 0 atom stereocenters. The Morgan fingerprint density at radius 1 is 0.471 bits per heavy atom. The van der Waals surface area contributed by atoms with Crippen molar-refractivity contribution < 1.29 is 96.0 Å². The van der Waals surface area contributed by atoms with Crippen molar-refractivity contribution in [1.29, 1.82) is 0 Å². The van der Waals surface area contributed by atoms with Crippen LogP contribution in [0.4, 0.5) is 11.4 Å². The van der Waals surface area contributed by atoms with Gasteiger partial charge in [-0.2, -0.15) is 0 Å². The van der Waals surface area contributed by atoms with Crippen LogP contribution in [0.1, 0.15) is 164 Å². The van der Waals surface area contributed by atoms with E-state index >= 15 is 0 Å². The number of anilines is 2. The Balaban J connectivity index is 0.00000523. The summed E-state index contributed by atoms with van der Waals surface area (Å²) in [5.74, 6) is -0.644. The number of fused-ring (bicyclic) bond motifs is 10. The van der Waals surface area contributed by atoms with E-state index in [0.717, 1.165) is 62.8 Å². The van der Waals surface area contributed by atoms with E-state index in [-0.39, 0.29) is 122 Å². The molecular formula is C80H78I4N10O8. The first kappa shape index (κ1) is 75.0. The minimum absolute atomic E-state index is 0. The number of pyridine rings is 2. The normalized spacial score (nSPS) is 13.6. The molecule has 3 aliphatic rings. The first-order valence-corrected chi connectivity index (χ1v) is 35.7. The summed E-state index contributed by atoms with van der Waals surface area (Å²) in [7, 11) is 3.98. The van der Waals surface area contributed by atoms with Crippen LogP contribution in [-0.4, -0.2) is 76.8 Å². The van der Waals surface area contributed by atoms with Crippen molar-refractivity contribution >= 4 is 104 Å². The number of benzene rings is 6. The topological polar surface area (TPSA) is 203 Å². The maximum absolute atomic E-state index is 13.2. The number of aromatic nitrogens is 8. The molecule has 0 saturated carbocycles. The fourth-order valence-corrected chi connectivity index (χ4v) is 14.0. The molecule has 2 amide bonds. The van der Waals surface area contributed by atoms with Gasteiger partial charge < -0.3 is 67.6 Å². The largest absolute Gasteiger partial charge is 1.00 e. The molecule has 6 aromatic carbocycles. The van der Waals surface area contributed by atoms with Crippen LogP contribution in [-0.2, 0) is 86.4 Å². The van der Waals surface area contributed by atoms with E-state index in [9.17, 15) is 29.4 Å². The lowest BCUT2D eigenvalue weighted by atomic mass is 9.81. The minimum Gasteiger partial charge on any atom is -1.00 e. The maximum atomic E-state index is 13.2. The van der Waals surface area contributed by atoms with Crippen molar-refractivity contribution in [2.24, 2.45) is 14.1 Å². The van der Waals surface area contributed by atoms with Gasteiger partial charge in [-0.05, 0) is 195 Å². The van der Waals surface area contributed by atoms with Crippen LogP contribution < -0.4 is 76.4 Å². The van der Waals surface area contributed by atoms with Crippen molar-refractivity contribution in [1.82, 2.24) is 30.0 Å². The molecule has 0 saturated heterocycles. The second kappa shape index (κ2) is 31.4. The van der Waals surface area contributed by atoms with Gasteiger partial charge in [0.1, 0.15) is 48.5 Å². The summed E-state index contributed by atoms with van der Waals surface area (Å²) >= 11 is 4.27. The summed E-state index contributed by atoms with van der Waals surface area (Å²) in [6, 6.07) is 36.1. The van der Waals surface area contributed by atoms with E-state index in [1.165, 1.54) is 9.80 Å². The number of halogens is 4.